The summed E-state index contributed by atoms with van der Waals surface area (Å²) in [6, 6.07) is 35.8. The lowest BCUT2D eigenvalue weighted by Gasteiger charge is -2.15. The molecule has 5 heterocycles. The molecule has 2 aliphatic heterocycles. The molecule has 60 heavy (non-hydrogen) atoms. The fourth-order valence-corrected chi connectivity index (χ4v) is 8.20. The summed E-state index contributed by atoms with van der Waals surface area (Å²) in [5, 5.41) is 0. The van der Waals surface area contributed by atoms with Crippen molar-refractivity contribution in [3.05, 3.63) is 132 Å². The van der Waals surface area contributed by atoms with Gasteiger partial charge in [-0.2, -0.15) is 0 Å². The number of fused-ring (bicyclic) bond motifs is 8. The quantitative estimate of drug-likeness (QED) is 0.141. The lowest BCUT2D eigenvalue weighted by Crippen LogP contribution is -1.97. The lowest BCUT2D eigenvalue weighted by molar-refractivity contribution is 0.397. The van der Waals surface area contributed by atoms with E-state index in [0.29, 0.717) is 51.6 Å². The van der Waals surface area contributed by atoms with Crippen molar-refractivity contribution in [2.24, 2.45) is 0 Å². The highest BCUT2D eigenvalue weighted by molar-refractivity contribution is 6.03. The molecule has 2 aliphatic rings. The molecule has 298 valence electrons. The Balaban J connectivity index is 1.54. The maximum atomic E-state index is 6.03. The van der Waals surface area contributed by atoms with Crippen LogP contribution in [0.3, 0.4) is 0 Å². The number of aromatic amines is 2. The molecule has 0 spiro atoms. The van der Waals surface area contributed by atoms with Crippen molar-refractivity contribution in [1.29, 1.82) is 0 Å². The maximum Gasteiger partial charge on any atom is 0.130 e. The van der Waals surface area contributed by atoms with Gasteiger partial charge in [0.2, 0.25) is 0 Å². The molecule has 10 heteroatoms. The van der Waals surface area contributed by atoms with Gasteiger partial charge in [0.15, 0.2) is 0 Å². The number of benzene rings is 4. The molecule has 0 radical (unpaired) electrons. The van der Waals surface area contributed by atoms with Crippen LogP contribution in [-0.4, -0.2) is 62.6 Å². The second kappa shape index (κ2) is 15.9. The number of nitrogens with zero attached hydrogens (tertiary/aromatic N) is 2. The zero-order valence-electron chi connectivity index (χ0n) is 34.0. The molecule has 0 saturated heterocycles. The molecule has 3 aromatic heterocycles. The van der Waals surface area contributed by atoms with E-state index in [2.05, 4.69) is 40.3 Å². The minimum atomic E-state index is 0.617. The third kappa shape index (κ3) is 6.39. The Morgan fingerprint density at radius 2 is 0.583 bits per heavy atom. The number of aromatic nitrogens is 4. The summed E-state index contributed by atoms with van der Waals surface area (Å²) in [6.07, 6.45) is 8.13. The Morgan fingerprint density at radius 1 is 0.300 bits per heavy atom. The third-order valence-corrected chi connectivity index (χ3v) is 10.8. The van der Waals surface area contributed by atoms with Crippen LogP contribution in [0.5, 0.6) is 34.5 Å². The van der Waals surface area contributed by atoms with E-state index in [1.54, 1.807) is 42.7 Å². The molecule has 10 nitrogen and oxygen atoms in total. The molecular weight excluding hydrogens is 753 g/mol. The van der Waals surface area contributed by atoms with Gasteiger partial charge in [-0.25, -0.2) is 9.97 Å². The van der Waals surface area contributed by atoms with Gasteiger partial charge in [0, 0.05) is 44.3 Å². The minimum absolute atomic E-state index is 0.617. The van der Waals surface area contributed by atoms with E-state index < -0.39 is 0 Å². The molecule has 4 aromatic carbocycles. The average Bonchev–Trinajstić information content (AvgIpc) is 4.15. The van der Waals surface area contributed by atoms with Crippen molar-refractivity contribution in [3.63, 3.8) is 0 Å². The molecule has 0 aliphatic carbocycles. The summed E-state index contributed by atoms with van der Waals surface area (Å²) in [7, 11) is 9.94. The summed E-state index contributed by atoms with van der Waals surface area (Å²) in [4.78, 5) is 18.4. The van der Waals surface area contributed by atoms with Crippen LogP contribution in [0.2, 0.25) is 0 Å². The number of H-pyrrole nitrogens is 2. The molecule has 8 bridgehead atoms. The van der Waals surface area contributed by atoms with Crippen LogP contribution in [0.1, 0.15) is 22.8 Å². The highest BCUT2D eigenvalue weighted by Gasteiger charge is 2.25. The van der Waals surface area contributed by atoms with Crippen LogP contribution in [0.25, 0.3) is 90.9 Å². The van der Waals surface area contributed by atoms with Gasteiger partial charge in [0.25, 0.3) is 0 Å². The number of rotatable bonds is 10. The molecule has 0 fully saturated rings. The molecule has 0 atom stereocenters. The molecule has 0 saturated carbocycles. The largest absolute Gasteiger partial charge is 0.496 e. The van der Waals surface area contributed by atoms with E-state index in [1.165, 1.54) is 0 Å². The predicted molar refractivity (Wildman–Crippen MR) is 240 cm³/mol. The predicted octanol–water partition coefficient (Wildman–Crippen LogP) is 11.4. The van der Waals surface area contributed by atoms with Gasteiger partial charge >= 0.3 is 0 Å². The normalized spacial score (nSPS) is 11.7. The van der Waals surface area contributed by atoms with E-state index >= 15 is 0 Å². The van der Waals surface area contributed by atoms with Gasteiger partial charge in [0.05, 0.1) is 82.1 Å². The monoisotopic (exact) mass is 794 g/mol. The first-order valence-electron chi connectivity index (χ1n) is 19.4. The third-order valence-electron chi connectivity index (χ3n) is 10.8. The molecule has 9 rings (SSSR count). The second-order valence-corrected chi connectivity index (χ2v) is 14.0. The molecule has 0 unspecified atom stereocenters. The Hall–Kier alpha value is -7.72. The molecular formula is C50H42N4O6. The smallest absolute Gasteiger partial charge is 0.130 e. The Morgan fingerprint density at radius 3 is 0.883 bits per heavy atom. The second-order valence-electron chi connectivity index (χ2n) is 14.0. The lowest BCUT2D eigenvalue weighted by atomic mass is 10.0. The summed E-state index contributed by atoms with van der Waals surface area (Å²) in [6.45, 7) is 0. The van der Waals surface area contributed by atoms with Crippen molar-refractivity contribution in [2.45, 2.75) is 0 Å². The summed E-state index contributed by atoms with van der Waals surface area (Å²) < 4.78 is 36.1. The van der Waals surface area contributed by atoms with Crippen molar-refractivity contribution < 1.29 is 28.4 Å². The maximum absolute atomic E-state index is 6.03. The first kappa shape index (κ1) is 37.8. The SMILES string of the molecule is COc1cccc(OC)c1-c1c2nc(c(-c3c(OC)cccc3OC)c3ccc([nH]3)c(-c3c(OC)cccc3OC)c3nc(c(-c4ccccc4)c4ccc1[nH]4)C=C3)C=C2. The Bertz CT molecular complexity index is 2900. The van der Waals surface area contributed by atoms with Crippen LogP contribution < -0.4 is 28.4 Å². The van der Waals surface area contributed by atoms with Gasteiger partial charge in [-0.05, 0) is 90.5 Å². The fourth-order valence-electron chi connectivity index (χ4n) is 8.20. The minimum Gasteiger partial charge on any atom is -0.496 e. The Kier molecular flexibility index (Phi) is 10.0. The highest BCUT2D eigenvalue weighted by atomic mass is 16.5. The zero-order chi connectivity index (χ0) is 41.3. The van der Waals surface area contributed by atoms with Gasteiger partial charge in [-0.3, -0.25) is 0 Å². The van der Waals surface area contributed by atoms with E-state index in [9.17, 15) is 0 Å². The molecule has 2 N–H and O–H groups in total. The van der Waals surface area contributed by atoms with E-state index in [1.807, 2.05) is 103 Å². The highest BCUT2D eigenvalue weighted by Crippen LogP contribution is 2.47. The molecule has 7 aromatic rings. The van der Waals surface area contributed by atoms with Crippen molar-refractivity contribution in [1.82, 2.24) is 19.9 Å². The first-order chi connectivity index (χ1) is 29.5. The van der Waals surface area contributed by atoms with Crippen molar-refractivity contribution in [3.8, 4) is 79.0 Å². The van der Waals surface area contributed by atoms with Crippen LogP contribution in [0, 0.1) is 0 Å². The number of hydrogen-bond donors (Lipinski definition) is 2. The van der Waals surface area contributed by atoms with E-state index in [-0.39, 0.29) is 0 Å². The van der Waals surface area contributed by atoms with Crippen LogP contribution >= 0.6 is 0 Å². The first-order valence-corrected chi connectivity index (χ1v) is 19.4. The summed E-state index contributed by atoms with van der Waals surface area (Å²) in [5.41, 5.74) is 12.5. The van der Waals surface area contributed by atoms with Gasteiger partial charge < -0.3 is 38.4 Å². The molecule has 0 amide bonds. The zero-order valence-corrected chi connectivity index (χ0v) is 34.0. The standard InChI is InChI=1S/C50H42N4O6/c1-55-38-15-10-16-39(56-2)48(38)45-32-23-21-30(51-32)44(29-13-8-7-9-14-29)31-22-24-33(52-31)46(49-40(57-3)17-11-18-41(49)58-4)35-26-28-37(54-35)47(36-27-25-34(45)53-36)50-42(59-5)19-12-20-43(50)60-6/h7-28,51,54H,1-6H3. The number of nitrogens with one attached hydrogen (secondary N) is 2. The average molecular weight is 795 g/mol. The number of hydrogen-bond acceptors (Lipinski definition) is 8. The van der Waals surface area contributed by atoms with Crippen LogP contribution in [0.4, 0.5) is 0 Å². The number of methoxy groups -OCH3 is 6. The van der Waals surface area contributed by atoms with Gasteiger partial charge in [-0.1, -0.05) is 48.5 Å². The van der Waals surface area contributed by atoms with Crippen molar-refractivity contribution in [2.75, 3.05) is 42.7 Å². The van der Waals surface area contributed by atoms with Crippen molar-refractivity contribution >= 4 is 46.4 Å². The topological polar surface area (TPSA) is 113 Å². The fraction of sp³-hybridized carbons (Fsp3) is 0.120. The van der Waals surface area contributed by atoms with E-state index in [0.717, 1.165) is 72.3 Å². The van der Waals surface area contributed by atoms with Gasteiger partial charge in [-0.15, -0.1) is 0 Å². The van der Waals surface area contributed by atoms with E-state index in [4.69, 9.17) is 38.4 Å². The Labute approximate surface area is 347 Å². The van der Waals surface area contributed by atoms with Gasteiger partial charge in [0.1, 0.15) is 34.5 Å². The summed E-state index contributed by atoms with van der Waals surface area (Å²) in [5.74, 6) is 3.76. The van der Waals surface area contributed by atoms with Crippen LogP contribution in [0.15, 0.2) is 109 Å². The number of ether oxygens (including phenoxy) is 6. The summed E-state index contributed by atoms with van der Waals surface area (Å²) >= 11 is 0. The van der Waals surface area contributed by atoms with Crippen LogP contribution in [-0.2, 0) is 0 Å².